The predicted molar refractivity (Wildman–Crippen MR) is 66.2 cm³/mol. The monoisotopic (exact) mass is 221 g/mol. The van der Waals surface area contributed by atoms with Crippen molar-refractivity contribution in [3.05, 3.63) is 18.5 Å². The zero-order valence-corrected chi connectivity index (χ0v) is 10.4. The van der Waals surface area contributed by atoms with Crippen LogP contribution in [0.25, 0.3) is 0 Å². The maximum Gasteiger partial charge on any atom is 0.0534 e. The lowest BCUT2D eigenvalue weighted by atomic mass is 9.80. The summed E-state index contributed by atoms with van der Waals surface area (Å²) < 4.78 is 1.99. The Hall–Kier alpha value is -0.830. The standard InChI is InChI=1S/C13H23N3/c1-11-8-12(2)10-13(9-11)14-5-7-16-6-3-4-15-16/h3-4,6,11-14H,5,7-10H2,1-2H3. The van der Waals surface area contributed by atoms with Crippen molar-refractivity contribution in [3.63, 3.8) is 0 Å². The molecule has 0 spiro atoms. The molecule has 0 aromatic carbocycles. The molecule has 3 nitrogen and oxygen atoms in total. The lowest BCUT2D eigenvalue weighted by molar-refractivity contribution is 0.237. The Labute approximate surface area is 98.2 Å². The molecule has 0 aliphatic heterocycles. The van der Waals surface area contributed by atoms with Gasteiger partial charge in [-0.15, -0.1) is 0 Å². The van der Waals surface area contributed by atoms with Crippen molar-refractivity contribution in [1.29, 1.82) is 0 Å². The molecule has 0 bridgehead atoms. The zero-order valence-electron chi connectivity index (χ0n) is 10.4. The van der Waals surface area contributed by atoms with Crippen LogP contribution in [0.5, 0.6) is 0 Å². The first kappa shape index (κ1) is 11.6. The van der Waals surface area contributed by atoms with Crippen LogP contribution in [-0.4, -0.2) is 22.4 Å². The van der Waals surface area contributed by atoms with Crippen LogP contribution in [0.4, 0.5) is 0 Å². The van der Waals surface area contributed by atoms with Crippen LogP contribution in [0.3, 0.4) is 0 Å². The molecule has 1 aliphatic rings. The second kappa shape index (κ2) is 5.48. The molecule has 1 fully saturated rings. The van der Waals surface area contributed by atoms with Crippen molar-refractivity contribution >= 4 is 0 Å². The summed E-state index contributed by atoms with van der Waals surface area (Å²) in [5.41, 5.74) is 0. The number of aromatic nitrogens is 2. The number of nitrogens with zero attached hydrogens (tertiary/aromatic N) is 2. The van der Waals surface area contributed by atoms with E-state index in [2.05, 4.69) is 24.3 Å². The van der Waals surface area contributed by atoms with Gasteiger partial charge in [0.1, 0.15) is 0 Å². The van der Waals surface area contributed by atoms with Crippen LogP contribution in [0, 0.1) is 11.8 Å². The molecule has 1 aromatic heterocycles. The topological polar surface area (TPSA) is 29.9 Å². The number of hydrogen-bond acceptors (Lipinski definition) is 2. The van der Waals surface area contributed by atoms with Crippen molar-refractivity contribution in [3.8, 4) is 0 Å². The molecule has 1 aromatic rings. The molecule has 1 aliphatic carbocycles. The first-order valence-corrected chi connectivity index (χ1v) is 6.45. The van der Waals surface area contributed by atoms with E-state index in [0.717, 1.165) is 24.9 Å². The van der Waals surface area contributed by atoms with E-state index in [9.17, 15) is 0 Å². The van der Waals surface area contributed by atoms with E-state index in [1.54, 1.807) is 0 Å². The van der Waals surface area contributed by atoms with Crippen LogP contribution in [0.15, 0.2) is 18.5 Å². The maximum atomic E-state index is 4.21. The fourth-order valence-corrected chi connectivity index (χ4v) is 2.93. The van der Waals surface area contributed by atoms with Crippen molar-refractivity contribution in [1.82, 2.24) is 15.1 Å². The third-order valence-electron chi connectivity index (χ3n) is 3.51. The molecule has 2 atom stereocenters. The lowest BCUT2D eigenvalue weighted by Gasteiger charge is -2.32. The molecule has 0 radical (unpaired) electrons. The quantitative estimate of drug-likeness (QED) is 0.845. The van der Waals surface area contributed by atoms with Gasteiger partial charge < -0.3 is 5.32 Å². The van der Waals surface area contributed by atoms with Gasteiger partial charge in [0.05, 0.1) is 6.54 Å². The minimum atomic E-state index is 0.717. The summed E-state index contributed by atoms with van der Waals surface area (Å²) in [6.07, 6.45) is 7.93. The normalized spacial score (nSPS) is 30.5. The molecule has 1 saturated carbocycles. The average Bonchev–Trinajstić information content (AvgIpc) is 2.69. The fraction of sp³-hybridized carbons (Fsp3) is 0.769. The van der Waals surface area contributed by atoms with E-state index in [0.29, 0.717) is 6.04 Å². The second-order valence-corrected chi connectivity index (χ2v) is 5.34. The summed E-state index contributed by atoms with van der Waals surface area (Å²) in [5, 5.41) is 7.87. The maximum absolute atomic E-state index is 4.21. The third kappa shape index (κ3) is 3.34. The van der Waals surface area contributed by atoms with E-state index in [4.69, 9.17) is 0 Å². The van der Waals surface area contributed by atoms with E-state index < -0.39 is 0 Å². The molecule has 2 unspecified atom stereocenters. The second-order valence-electron chi connectivity index (χ2n) is 5.34. The number of hydrogen-bond donors (Lipinski definition) is 1. The predicted octanol–water partition coefficient (Wildman–Crippen LogP) is 2.30. The Kier molecular flexibility index (Phi) is 3.99. The molecule has 90 valence electrons. The van der Waals surface area contributed by atoms with Gasteiger partial charge in [-0.3, -0.25) is 4.68 Å². The van der Waals surface area contributed by atoms with Gasteiger partial charge in [0, 0.05) is 25.0 Å². The highest BCUT2D eigenvalue weighted by atomic mass is 15.3. The molecule has 3 heteroatoms. The molecule has 1 heterocycles. The van der Waals surface area contributed by atoms with Crippen LogP contribution >= 0.6 is 0 Å². The van der Waals surface area contributed by atoms with Crippen molar-refractivity contribution in [2.75, 3.05) is 6.54 Å². The van der Waals surface area contributed by atoms with Crippen LogP contribution < -0.4 is 5.32 Å². The molecule has 2 rings (SSSR count). The summed E-state index contributed by atoms with van der Waals surface area (Å²) >= 11 is 0. The Bertz CT molecular complexity index is 284. The molecule has 0 amide bonds. The van der Waals surface area contributed by atoms with E-state index in [1.165, 1.54) is 19.3 Å². The SMILES string of the molecule is CC1CC(C)CC(NCCn2cccn2)C1. The van der Waals surface area contributed by atoms with Gasteiger partial charge in [0.15, 0.2) is 0 Å². The van der Waals surface area contributed by atoms with Gasteiger partial charge in [0.25, 0.3) is 0 Å². The van der Waals surface area contributed by atoms with Gasteiger partial charge in [0.2, 0.25) is 0 Å². The molecular weight excluding hydrogens is 198 g/mol. The van der Waals surface area contributed by atoms with Crippen LogP contribution in [-0.2, 0) is 6.54 Å². The Morgan fingerprint density at radius 2 is 2.00 bits per heavy atom. The van der Waals surface area contributed by atoms with E-state index in [1.807, 2.05) is 23.1 Å². The van der Waals surface area contributed by atoms with Crippen LogP contribution in [0.2, 0.25) is 0 Å². The Morgan fingerprint density at radius 3 is 2.62 bits per heavy atom. The van der Waals surface area contributed by atoms with Gasteiger partial charge in [-0.05, 0) is 37.2 Å². The first-order valence-electron chi connectivity index (χ1n) is 6.45. The molecular formula is C13H23N3. The molecule has 16 heavy (non-hydrogen) atoms. The largest absolute Gasteiger partial charge is 0.312 e. The zero-order chi connectivity index (χ0) is 11.4. The highest BCUT2D eigenvalue weighted by molar-refractivity contribution is 4.81. The number of nitrogens with one attached hydrogen (secondary N) is 1. The van der Waals surface area contributed by atoms with E-state index >= 15 is 0 Å². The number of rotatable bonds is 4. The Balaban J connectivity index is 1.69. The molecule has 1 N–H and O–H groups in total. The van der Waals surface area contributed by atoms with E-state index in [-0.39, 0.29) is 0 Å². The van der Waals surface area contributed by atoms with Crippen molar-refractivity contribution in [2.45, 2.75) is 45.7 Å². The highest BCUT2D eigenvalue weighted by Gasteiger charge is 2.22. The van der Waals surface area contributed by atoms with Crippen molar-refractivity contribution < 1.29 is 0 Å². The van der Waals surface area contributed by atoms with Gasteiger partial charge >= 0.3 is 0 Å². The summed E-state index contributed by atoms with van der Waals surface area (Å²) in [5.74, 6) is 1.76. The average molecular weight is 221 g/mol. The molecule has 0 saturated heterocycles. The Morgan fingerprint density at radius 1 is 1.25 bits per heavy atom. The van der Waals surface area contributed by atoms with Gasteiger partial charge in [-0.1, -0.05) is 13.8 Å². The minimum absolute atomic E-state index is 0.717. The summed E-state index contributed by atoms with van der Waals surface area (Å²) in [6, 6.07) is 2.69. The highest BCUT2D eigenvalue weighted by Crippen LogP contribution is 2.28. The van der Waals surface area contributed by atoms with Crippen LogP contribution in [0.1, 0.15) is 33.1 Å². The summed E-state index contributed by atoms with van der Waals surface area (Å²) in [4.78, 5) is 0. The minimum Gasteiger partial charge on any atom is -0.312 e. The summed E-state index contributed by atoms with van der Waals surface area (Å²) in [7, 11) is 0. The smallest absolute Gasteiger partial charge is 0.0534 e. The van der Waals surface area contributed by atoms with Gasteiger partial charge in [-0.2, -0.15) is 5.10 Å². The first-order chi connectivity index (χ1) is 7.74. The van der Waals surface area contributed by atoms with Crippen molar-refractivity contribution in [2.24, 2.45) is 11.8 Å². The van der Waals surface area contributed by atoms with Gasteiger partial charge in [-0.25, -0.2) is 0 Å². The fourth-order valence-electron chi connectivity index (χ4n) is 2.93. The summed E-state index contributed by atoms with van der Waals surface area (Å²) in [6.45, 7) is 6.76. The third-order valence-corrected chi connectivity index (χ3v) is 3.51. The lowest BCUT2D eigenvalue weighted by Crippen LogP contribution is -2.37.